The minimum Gasteiger partial charge on any atom is -0.444 e. The molecule has 0 saturated carbocycles. The second kappa shape index (κ2) is 7.65. The maximum absolute atomic E-state index is 13.2. The average molecular weight is 390 g/mol. The number of thiazole rings is 1. The zero-order valence-corrected chi connectivity index (χ0v) is 15.4. The number of carbonyl (C=O) groups is 1. The molecular formula is C16H17F3N2O2S2. The molecule has 1 aromatic heterocycles. The number of alkyl halides is 3. The molecule has 1 aromatic carbocycles. The van der Waals surface area contributed by atoms with Crippen molar-refractivity contribution in [2.75, 3.05) is 5.32 Å². The number of hydrogen-bond donors (Lipinski definition) is 1. The highest BCUT2D eigenvalue weighted by molar-refractivity contribution is 8.00. The van der Waals surface area contributed by atoms with Crippen molar-refractivity contribution in [2.24, 2.45) is 0 Å². The van der Waals surface area contributed by atoms with Crippen LogP contribution in [0.1, 0.15) is 32.0 Å². The molecule has 0 spiro atoms. The van der Waals surface area contributed by atoms with Crippen LogP contribution >= 0.6 is 23.1 Å². The standard InChI is InChI=1S/C16H17F3N2O2S2/c1-15(2,3)23-13(22)21-12-11(16(17,18)19)20-14(25-12)24-9-10-7-5-4-6-8-10/h4-8H,9H2,1-3H3,(H,21,22). The van der Waals surface area contributed by atoms with Crippen LogP contribution in [0, 0.1) is 0 Å². The highest BCUT2D eigenvalue weighted by atomic mass is 32.2. The fourth-order valence-corrected chi connectivity index (χ4v) is 3.76. The first-order chi connectivity index (χ1) is 11.5. The van der Waals surface area contributed by atoms with Gasteiger partial charge in [0.25, 0.3) is 0 Å². The van der Waals surface area contributed by atoms with Crippen LogP contribution in [0.2, 0.25) is 0 Å². The van der Waals surface area contributed by atoms with E-state index in [0.717, 1.165) is 16.9 Å². The van der Waals surface area contributed by atoms with Gasteiger partial charge in [0.15, 0.2) is 10.0 Å². The third-order valence-corrected chi connectivity index (χ3v) is 4.88. The predicted octanol–water partition coefficient (Wildman–Crippen LogP) is 5.80. The SMILES string of the molecule is CC(C)(C)OC(=O)Nc1sc(SCc2ccccc2)nc1C(F)(F)F. The molecule has 0 aliphatic carbocycles. The van der Waals surface area contributed by atoms with Gasteiger partial charge in [-0.25, -0.2) is 9.78 Å². The lowest BCUT2D eigenvalue weighted by Gasteiger charge is -2.19. The molecule has 0 fully saturated rings. The quantitative estimate of drug-likeness (QED) is 0.670. The highest BCUT2D eigenvalue weighted by Crippen LogP contribution is 2.41. The number of halogens is 3. The van der Waals surface area contributed by atoms with Gasteiger partial charge in [-0.15, -0.1) is 0 Å². The first-order valence-electron chi connectivity index (χ1n) is 7.29. The van der Waals surface area contributed by atoms with Crippen LogP contribution in [0.15, 0.2) is 34.7 Å². The average Bonchev–Trinajstić information content (AvgIpc) is 2.87. The highest BCUT2D eigenvalue weighted by Gasteiger charge is 2.38. The molecule has 0 aliphatic rings. The molecule has 1 amide bonds. The number of amides is 1. The first kappa shape index (κ1) is 19.6. The van der Waals surface area contributed by atoms with Crippen LogP contribution in [0.4, 0.5) is 23.0 Å². The summed E-state index contributed by atoms with van der Waals surface area (Å²) >= 11 is 1.96. The maximum Gasteiger partial charge on any atom is 0.436 e. The van der Waals surface area contributed by atoms with Crippen LogP contribution in [0.5, 0.6) is 0 Å². The van der Waals surface area contributed by atoms with Crippen molar-refractivity contribution in [1.29, 1.82) is 0 Å². The molecule has 25 heavy (non-hydrogen) atoms. The molecule has 0 radical (unpaired) electrons. The summed E-state index contributed by atoms with van der Waals surface area (Å²) in [7, 11) is 0. The molecule has 2 rings (SSSR count). The largest absolute Gasteiger partial charge is 0.444 e. The van der Waals surface area contributed by atoms with Gasteiger partial charge in [-0.3, -0.25) is 5.32 Å². The second-order valence-electron chi connectivity index (χ2n) is 6.06. The number of ether oxygens (including phenoxy) is 1. The summed E-state index contributed by atoms with van der Waals surface area (Å²) in [5, 5.41) is 1.79. The molecule has 0 saturated heterocycles. The van der Waals surface area contributed by atoms with E-state index >= 15 is 0 Å². The van der Waals surface area contributed by atoms with E-state index in [2.05, 4.69) is 10.3 Å². The van der Waals surface area contributed by atoms with Crippen LogP contribution < -0.4 is 5.32 Å². The number of benzene rings is 1. The number of carbonyl (C=O) groups excluding carboxylic acids is 1. The Morgan fingerprint density at radius 2 is 1.88 bits per heavy atom. The Bertz CT molecular complexity index is 725. The molecule has 0 bridgehead atoms. The van der Waals surface area contributed by atoms with Gasteiger partial charge in [-0.2, -0.15) is 13.2 Å². The summed E-state index contributed by atoms with van der Waals surface area (Å²) in [6, 6.07) is 9.33. The Morgan fingerprint density at radius 1 is 1.24 bits per heavy atom. The van der Waals surface area contributed by atoms with E-state index in [-0.39, 0.29) is 9.34 Å². The van der Waals surface area contributed by atoms with Crippen LogP contribution in [0.25, 0.3) is 0 Å². The number of anilines is 1. The summed E-state index contributed by atoms with van der Waals surface area (Å²) < 4.78 is 44.7. The van der Waals surface area contributed by atoms with Crippen molar-refractivity contribution in [3.05, 3.63) is 41.6 Å². The van der Waals surface area contributed by atoms with Gasteiger partial charge in [-0.05, 0) is 26.3 Å². The minimum absolute atomic E-state index is 0.224. The normalized spacial score (nSPS) is 12.1. The summed E-state index contributed by atoms with van der Waals surface area (Å²) in [6.07, 6.45) is -5.60. The van der Waals surface area contributed by atoms with E-state index in [0.29, 0.717) is 5.75 Å². The van der Waals surface area contributed by atoms with Crippen LogP contribution in [0.3, 0.4) is 0 Å². The van der Waals surface area contributed by atoms with Crippen molar-refractivity contribution < 1.29 is 22.7 Å². The Kier molecular flexibility index (Phi) is 5.99. The molecule has 0 atom stereocenters. The number of hydrogen-bond acceptors (Lipinski definition) is 5. The summed E-state index contributed by atoms with van der Waals surface area (Å²) in [6.45, 7) is 4.89. The number of nitrogens with zero attached hydrogens (tertiary/aromatic N) is 1. The monoisotopic (exact) mass is 390 g/mol. The van der Waals surface area contributed by atoms with Gasteiger partial charge < -0.3 is 4.74 Å². The molecule has 1 N–H and O–H groups in total. The number of thioether (sulfide) groups is 1. The summed E-state index contributed by atoms with van der Waals surface area (Å²) in [4.78, 5) is 15.4. The zero-order chi connectivity index (χ0) is 18.7. The van der Waals surface area contributed by atoms with Crippen molar-refractivity contribution in [2.45, 2.75) is 42.6 Å². The molecule has 4 nitrogen and oxygen atoms in total. The van der Waals surface area contributed by atoms with Crippen LogP contribution in [-0.4, -0.2) is 16.7 Å². The Labute approximate surface area is 151 Å². The summed E-state index contributed by atoms with van der Waals surface area (Å²) in [5.74, 6) is 0.484. The van der Waals surface area contributed by atoms with Gasteiger partial charge in [0.1, 0.15) is 10.6 Å². The van der Waals surface area contributed by atoms with E-state index in [1.165, 1.54) is 11.8 Å². The van der Waals surface area contributed by atoms with E-state index in [9.17, 15) is 18.0 Å². The van der Waals surface area contributed by atoms with E-state index in [4.69, 9.17) is 4.74 Å². The number of nitrogens with one attached hydrogen (secondary N) is 1. The Hall–Kier alpha value is -1.74. The summed E-state index contributed by atoms with van der Waals surface area (Å²) in [5.41, 5.74) is -0.949. The fraction of sp³-hybridized carbons (Fsp3) is 0.375. The second-order valence-corrected chi connectivity index (χ2v) is 8.28. The van der Waals surface area contributed by atoms with Crippen molar-refractivity contribution in [3.8, 4) is 0 Å². The Morgan fingerprint density at radius 3 is 2.44 bits per heavy atom. The predicted molar refractivity (Wildman–Crippen MR) is 93.0 cm³/mol. The smallest absolute Gasteiger partial charge is 0.436 e. The molecule has 2 aromatic rings. The maximum atomic E-state index is 13.2. The van der Waals surface area contributed by atoms with E-state index in [1.54, 1.807) is 20.8 Å². The third kappa shape index (κ3) is 6.24. The minimum atomic E-state index is -4.66. The van der Waals surface area contributed by atoms with Gasteiger partial charge in [0, 0.05) is 5.75 Å². The van der Waals surface area contributed by atoms with E-state index in [1.807, 2.05) is 30.3 Å². The van der Waals surface area contributed by atoms with Gasteiger partial charge in [0.05, 0.1) is 0 Å². The molecule has 0 unspecified atom stereocenters. The lowest BCUT2D eigenvalue weighted by molar-refractivity contribution is -0.140. The fourth-order valence-electron chi connectivity index (χ4n) is 1.75. The Balaban J connectivity index is 2.15. The van der Waals surface area contributed by atoms with Crippen molar-refractivity contribution in [1.82, 2.24) is 4.98 Å². The first-order valence-corrected chi connectivity index (χ1v) is 9.09. The number of aromatic nitrogens is 1. The lowest BCUT2D eigenvalue weighted by atomic mass is 10.2. The van der Waals surface area contributed by atoms with E-state index < -0.39 is 23.6 Å². The molecule has 1 heterocycles. The van der Waals surface area contributed by atoms with Gasteiger partial charge in [0.2, 0.25) is 0 Å². The number of rotatable bonds is 4. The van der Waals surface area contributed by atoms with Crippen molar-refractivity contribution >= 4 is 34.2 Å². The van der Waals surface area contributed by atoms with Crippen molar-refractivity contribution in [3.63, 3.8) is 0 Å². The van der Waals surface area contributed by atoms with Gasteiger partial charge >= 0.3 is 12.3 Å². The molecule has 9 heteroatoms. The molecule has 0 aliphatic heterocycles. The van der Waals surface area contributed by atoms with Gasteiger partial charge in [-0.1, -0.05) is 53.4 Å². The third-order valence-electron chi connectivity index (χ3n) is 2.70. The molecular weight excluding hydrogens is 373 g/mol. The lowest BCUT2D eigenvalue weighted by Crippen LogP contribution is -2.27. The topological polar surface area (TPSA) is 51.2 Å². The zero-order valence-electron chi connectivity index (χ0n) is 13.8. The van der Waals surface area contributed by atoms with Crippen LogP contribution in [-0.2, 0) is 16.7 Å². The molecule has 136 valence electrons.